The van der Waals surface area contributed by atoms with E-state index >= 15 is 0 Å². The van der Waals surface area contributed by atoms with Crippen LogP contribution in [0.1, 0.15) is 24.6 Å². The quantitative estimate of drug-likeness (QED) is 0.752. The van der Waals surface area contributed by atoms with E-state index in [1.807, 2.05) is 12.3 Å². The van der Waals surface area contributed by atoms with Gasteiger partial charge in [-0.25, -0.2) is 4.98 Å². The van der Waals surface area contributed by atoms with Gasteiger partial charge in [0.15, 0.2) is 0 Å². The summed E-state index contributed by atoms with van der Waals surface area (Å²) in [6, 6.07) is 4.64. The monoisotopic (exact) mass is 278 g/mol. The van der Waals surface area contributed by atoms with Gasteiger partial charge < -0.3 is 9.88 Å². The van der Waals surface area contributed by atoms with Crippen molar-refractivity contribution in [2.24, 2.45) is 0 Å². The van der Waals surface area contributed by atoms with Crippen molar-refractivity contribution in [3.63, 3.8) is 0 Å². The number of fused-ring (bicyclic) bond motifs is 1. The standard InChI is InChI=1S/C12H13BrN3/c1-16-4-2-3-11(16)10-5-8-7-14-12(13)6-9(8)15-10/h5-7,11H,2-4H2,1H3/q-1/t11-/m1/s1. The molecule has 0 bridgehead atoms. The van der Waals surface area contributed by atoms with Gasteiger partial charge in [0.2, 0.25) is 0 Å². The molecule has 2 aromatic rings. The number of pyridine rings is 1. The fourth-order valence-electron chi connectivity index (χ4n) is 2.42. The van der Waals surface area contributed by atoms with Crippen LogP contribution in [0.4, 0.5) is 0 Å². The predicted octanol–water partition coefficient (Wildman–Crippen LogP) is 2.72. The first-order valence-electron chi connectivity index (χ1n) is 5.53. The molecule has 0 aliphatic carbocycles. The van der Waals surface area contributed by atoms with Gasteiger partial charge in [0.25, 0.3) is 0 Å². The van der Waals surface area contributed by atoms with E-state index in [0.717, 1.165) is 15.5 Å². The molecule has 0 amide bonds. The number of nitrogens with zero attached hydrogens (tertiary/aromatic N) is 3. The minimum Gasteiger partial charge on any atom is -0.659 e. The van der Waals surface area contributed by atoms with Crippen molar-refractivity contribution in [1.82, 2.24) is 14.9 Å². The van der Waals surface area contributed by atoms with Crippen LogP contribution in [0.15, 0.2) is 22.9 Å². The van der Waals surface area contributed by atoms with Crippen molar-refractivity contribution in [3.05, 3.63) is 28.6 Å². The number of hydrogen-bond donors (Lipinski definition) is 0. The van der Waals surface area contributed by atoms with Crippen LogP contribution >= 0.6 is 15.9 Å². The molecular weight excluding hydrogens is 266 g/mol. The van der Waals surface area contributed by atoms with Crippen molar-refractivity contribution < 1.29 is 0 Å². The minimum atomic E-state index is 0.492. The molecule has 1 atom stereocenters. The smallest absolute Gasteiger partial charge is 0.104 e. The first-order chi connectivity index (χ1) is 7.74. The first-order valence-corrected chi connectivity index (χ1v) is 6.32. The molecule has 84 valence electrons. The highest BCUT2D eigenvalue weighted by Gasteiger charge is 2.19. The molecule has 3 heterocycles. The summed E-state index contributed by atoms with van der Waals surface area (Å²) in [4.78, 5) is 11.3. The molecule has 3 rings (SSSR count). The number of rotatable bonds is 1. The third kappa shape index (κ3) is 1.66. The van der Waals surface area contributed by atoms with Crippen LogP contribution in [0.5, 0.6) is 0 Å². The van der Waals surface area contributed by atoms with Gasteiger partial charge in [-0.3, -0.25) is 0 Å². The fourth-order valence-corrected chi connectivity index (χ4v) is 2.74. The van der Waals surface area contributed by atoms with Crippen LogP contribution < -0.4 is 4.98 Å². The number of likely N-dealkylation sites (tertiary alicyclic amines) is 1. The molecule has 0 saturated carbocycles. The van der Waals surface area contributed by atoms with Gasteiger partial charge in [-0.05, 0) is 53.8 Å². The molecule has 0 aromatic carbocycles. The van der Waals surface area contributed by atoms with Crippen molar-refractivity contribution in [3.8, 4) is 0 Å². The number of hydrogen-bond acceptors (Lipinski definition) is 2. The van der Waals surface area contributed by atoms with Crippen molar-refractivity contribution in [2.45, 2.75) is 18.9 Å². The second-order valence-corrected chi connectivity index (χ2v) is 5.20. The molecule has 1 aliphatic heterocycles. The number of aromatic nitrogens is 2. The van der Waals surface area contributed by atoms with Crippen molar-refractivity contribution in [2.75, 3.05) is 13.6 Å². The molecule has 3 nitrogen and oxygen atoms in total. The average Bonchev–Trinajstić information content (AvgIpc) is 2.82. The van der Waals surface area contributed by atoms with E-state index in [4.69, 9.17) is 4.98 Å². The molecule has 1 aliphatic rings. The molecule has 1 fully saturated rings. The Morgan fingerprint density at radius 3 is 3.12 bits per heavy atom. The van der Waals surface area contributed by atoms with Crippen LogP contribution in [0, 0.1) is 0 Å². The zero-order valence-electron chi connectivity index (χ0n) is 9.15. The molecule has 0 spiro atoms. The average molecular weight is 279 g/mol. The molecule has 0 N–H and O–H groups in total. The summed E-state index contributed by atoms with van der Waals surface area (Å²) in [5, 5.41) is 1.14. The molecule has 16 heavy (non-hydrogen) atoms. The molecular formula is C12H13BrN3-. The summed E-state index contributed by atoms with van der Waals surface area (Å²) in [7, 11) is 2.17. The van der Waals surface area contributed by atoms with Crippen LogP contribution in [-0.4, -0.2) is 23.5 Å². The first kappa shape index (κ1) is 10.3. The Bertz CT molecular complexity index is 520. The summed E-state index contributed by atoms with van der Waals surface area (Å²) in [6.07, 6.45) is 4.37. The zero-order valence-corrected chi connectivity index (χ0v) is 10.7. The van der Waals surface area contributed by atoms with Gasteiger partial charge in [-0.1, -0.05) is 6.07 Å². The highest BCUT2D eigenvalue weighted by atomic mass is 79.9. The third-order valence-corrected chi connectivity index (χ3v) is 3.73. The summed E-state index contributed by atoms with van der Waals surface area (Å²) in [5.41, 5.74) is 2.23. The van der Waals surface area contributed by atoms with E-state index in [1.54, 1.807) is 0 Å². The largest absolute Gasteiger partial charge is 0.659 e. The highest BCUT2D eigenvalue weighted by molar-refractivity contribution is 9.10. The highest BCUT2D eigenvalue weighted by Crippen LogP contribution is 2.31. The molecule has 0 radical (unpaired) electrons. The van der Waals surface area contributed by atoms with E-state index in [9.17, 15) is 0 Å². The Morgan fingerprint density at radius 1 is 1.50 bits per heavy atom. The molecule has 1 saturated heterocycles. The lowest BCUT2D eigenvalue weighted by Crippen LogP contribution is -2.17. The van der Waals surface area contributed by atoms with Gasteiger partial charge in [0.05, 0.1) is 0 Å². The summed E-state index contributed by atoms with van der Waals surface area (Å²) in [6.45, 7) is 1.18. The number of halogens is 1. The van der Waals surface area contributed by atoms with E-state index in [1.165, 1.54) is 25.1 Å². The molecule has 0 unspecified atom stereocenters. The van der Waals surface area contributed by atoms with Crippen LogP contribution in [0.3, 0.4) is 0 Å². The summed E-state index contributed by atoms with van der Waals surface area (Å²) < 4.78 is 0.851. The molecule has 4 heteroatoms. The SMILES string of the molecule is CN1CCC[C@@H]1c1cc2cnc(Br)cc2[n-]1. The van der Waals surface area contributed by atoms with Gasteiger partial charge in [-0.2, -0.15) is 0 Å². The Kier molecular flexibility index (Phi) is 2.48. The summed E-state index contributed by atoms with van der Waals surface area (Å²) >= 11 is 3.38. The van der Waals surface area contributed by atoms with Gasteiger partial charge in [0.1, 0.15) is 4.60 Å². The van der Waals surface area contributed by atoms with E-state index in [0.29, 0.717) is 6.04 Å². The third-order valence-electron chi connectivity index (χ3n) is 3.29. The van der Waals surface area contributed by atoms with Crippen molar-refractivity contribution >= 4 is 26.8 Å². The minimum absolute atomic E-state index is 0.492. The Hall–Kier alpha value is -0.870. The van der Waals surface area contributed by atoms with E-state index < -0.39 is 0 Å². The maximum absolute atomic E-state index is 4.69. The lowest BCUT2D eigenvalue weighted by Gasteiger charge is -2.23. The van der Waals surface area contributed by atoms with Crippen LogP contribution in [0.25, 0.3) is 10.9 Å². The second-order valence-electron chi connectivity index (χ2n) is 4.39. The van der Waals surface area contributed by atoms with E-state index in [2.05, 4.69) is 38.9 Å². The van der Waals surface area contributed by atoms with Crippen LogP contribution in [-0.2, 0) is 0 Å². The normalized spacial score (nSPS) is 22.0. The van der Waals surface area contributed by atoms with Crippen LogP contribution in [0.2, 0.25) is 0 Å². The van der Waals surface area contributed by atoms with E-state index in [-0.39, 0.29) is 0 Å². The Morgan fingerprint density at radius 2 is 2.38 bits per heavy atom. The topological polar surface area (TPSA) is 30.2 Å². The predicted molar refractivity (Wildman–Crippen MR) is 67.4 cm³/mol. The van der Waals surface area contributed by atoms with Gasteiger partial charge >= 0.3 is 0 Å². The summed E-state index contributed by atoms with van der Waals surface area (Å²) in [5.74, 6) is 0. The maximum Gasteiger partial charge on any atom is 0.104 e. The Labute approximate surface area is 103 Å². The maximum atomic E-state index is 4.69. The molecule has 2 aromatic heterocycles. The fraction of sp³-hybridized carbons (Fsp3) is 0.417. The van der Waals surface area contributed by atoms with Gasteiger partial charge in [-0.15, -0.1) is 11.2 Å². The lowest BCUT2D eigenvalue weighted by molar-refractivity contribution is 0.312. The van der Waals surface area contributed by atoms with Gasteiger partial charge in [0, 0.05) is 12.2 Å². The zero-order chi connectivity index (χ0) is 11.1. The Balaban J connectivity index is 2.04. The second kappa shape index (κ2) is 3.86. The lowest BCUT2D eigenvalue weighted by atomic mass is 10.1. The van der Waals surface area contributed by atoms with Crippen molar-refractivity contribution in [1.29, 1.82) is 0 Å².